The van der Waals surface area contributed by atoms with Gasteiger partial charge >= 0.3 is 5.97 Å². The summed E-state index contributed by atoms with van der Waals surface area (Å²) in [4.78, 5) is 28.3. The Morgan fingerprint density at radius 1 is 0.939 bits per heavy atom. The van der Waals surface area contributed by atoms with Gasteiger partial charge in [-0.1, -0.05) is 25.2 Å². The maximum atomic E-state index is 13.2. The van der Waals surface area contributed by atoms with E-state index in [9.17, 15) is 9.59 Å². The standard InChI is InChI=1S/C40H47N5O4/c1-7-11-36-28(4)45(26-31(36)25-44-22-9-8-10-23-44)34-17-12-30(13-18-34)39(46)43-32-14-19-35(20-15-32)49-38-21-16-33(24-37(38)40(47)48-6)42-29(5)41-27(2)3/h7,11-21,24,26-27,41-42H,5,8-10,22-23,25H2,1-4,6H3,(H,43,46)/b11-7-. The van der Waals surface area contributed by atoms with Crippen molar-refractivity contribution in [3.63, 3.8) is 0 Å². The number of anilines is 2. The third-order valence-electron chi connectivity index (χ3n) is 8.45. The summed E-state index contributed by atoms with van der Waals surface area (Å²) in [5.74, 6) is 0.706. The Kier molecular flexibility index (Phi) is 11.6. The molecule has 0 atom stereocenters. The largest absolute Gasteiger partial charge is 0.465 e. The molecule has 1 aliphatic heterocycles. The summed E-state index contributed by atoms with van der Waals surface area (Å²) >= 11 is 0. The number of carbonyl (C=O) groups excluding carboxylic acids is 2. The lowest BCUT2D eigenvalue weighted by Gasteiger charge is -2.26. The molecule has 9 heteroatoms. The Bertz CT molecular complexity index is 1800. The van der Waals surface area contributed by atoms with Crippen LogP contribution < -0.4 is 20.7 Å². The first-order chi connectivity index (χ1) is 23.6. The van der Waals surface area contributed by atoms with Crippen LogP contribution in [-0.2, 0) is 11.3 Å². The van der Waals surface area contributed by atoms with E-state index in [1.165, 1.54) is 43.2 Å². The number of nitrogens with one attached hydrogen (secondary N) is 3. The van der Waals surface area contributed by atoms with Crippen LogP contribution in [0.25, 0.3) is 11.8 Å². The molecule has 1 fully saturated rings. The number of carbonyl (C=O) groups is 2. The van der Waals surface area contributed by atoms with E-state index >= 15 is 0 Å². The number of amides is 1. The Morgan fingerprint density at radius 2 is 1.63 bits per heavy atom. The van der Waals surface area contributed by atoms with Crippen LogP contribution in [0.15, 0.2) is 91.4 Å². The van der Waals surface area contributed by atoms with Gasteiger partial charge in [0.25, 0.3) is 5.91 Å². The number of nitrogens with zero attached hydrogens (tertiary/aromatic N) is 2. The molecule has 4 aromatic rings. The van der Waals surface area contributed by atoms with Crippen molar-refractivity contribution >= 4 is 29.3 Å². The number of methoxy groups -OCH3 is 1. The number of benzene rings is 3. The molecule has 0 aliphatic carbocycles. The highest BCUT2D eigenvalue weighted by Gasteiger charge is 2.18. The first-order valence-electron chi connectivity index (χ1n) is 16.9. The number of ether oxygens (including phenoxy) is 2. The van der Waals surface area contributed by atoms with Crippen LogP contribution >= 0.6 is 0 Å². The van der Waals surface area contributed by atoms with Gasteiger partial charge in [0.1, 0.15) is 17.1 Å². The van der Waals surface area contributed by atoms with Crippen molar-refractivity contribution in [2.45, 2.75) is 59.5 Å². The molecule has 256 valence electrons. The van der Waals surface area contributed by atoms with Crippen LogP contribution in [0.1, 0.15) is 77.6 Å². The summed E-state index contributed by atoms with van der Waals surface area (Å²) in [7, 11) is 1.33. The lowest BCUT2D eigenvalue weighted by atomic mass is 10.1. The van der Waals surface area contributed by atoms with Crippen molar-refractivity contribution in [1.29, 1.82) is 0 Å². The number of piperidine rings is 1. The van der Waals surface area contributed by atoms with Gasteiger partial charge in [0.2, 0.25) is 0 Å². The number of esters is 1. The monoisotopic (exact) mass is 661 g/mol. The normalized spacial score (nSPS) is 13.3. The van der Waals surface area contributed by atoms with Crippen LogP contribution in [0.3, 0.4) is 0 Å². The number of likely N-dealkylation sites (tertiary alicyclic amines) is 1. The van der Waals surface area contributed by atoms with Gasteiger partial charge in [0, 0.05) is 47.1 Å². The second-order valence-electron chi connectivity index (χ2n) is 12.6. The predicted molar refractivity (Wildman–Crippen MR) is 198 cm³/mol. The first kappa shape index (κ1) is 35.0. The van der Waals surface area contributed by atoms with Gasteiger partial charge < -0.3 is 30.0 Å². The minimum Gasteiger partial charge on any atom is -0.465 e. The van der Waals surface area contributed by atoms with Gasteiger partial charge in [-0.25, -0.2) is 4.79 Å². The highest BCUT2D eigenvalue weighted by Crippen LogP contribution is 2.30. The summed E-state index contributed by atoms with van der Waals surface area (Å²) in [5.41, 5.74) is 6.87. The highest BCUT2D eigenvalue weighted by atomic mass is 16.5. The van der Waals surface area contributed by atoms with E-state index in [1.54, 1.807) is 42.5 Å². The van der Waals surface area contributed by atoms with Gasteiger partial charge in [0.05, 0.1) is 12.9 Å². The van der Waals surface area contributed by atoms with Gasteiger partial charge in [0.15, 0.2) is 0 Å². The zero-order chi connectivity index (χ0) is 34.9. The van der Waals surface area contributed by atoms with E-state index < -0.39 is 5.97 Å². The van der Waals surface area contributed by atoms with Crippen LogP contribution in [0.4, 0.5) is 11.4 Å². The fraction of sp³-hybridized carbons (Fsp3) is 0.300. The lowest BCUT2D eigenvalue weighted by molar-refractivity contribution is 0.0597. The molecule has 0 spiro atoms. The Balaban J connectivity index is 1.24. The molecular weight excluding hydrogens is 614 g/mol. The molecule has 0 bridgehead atoms. The minimum absolute atomic E-state index is 0.204. The smallest absolute Gasteiger partial charge is 0.341 e. The zero-order valence-electron chi connectivity index (χ0n) is 29.1. The van der Waals surface area contributed by atoms with Crippen molar-refractivity contribution in [1.82, 2.24) is 14.8 Å². The van der Waals surface area contributed by atoms with E-state index in [2.05, 4.69) is 64.2 Å². The van der Waals surface area contributed by atoms with Gasteiger partial charge in [-0.3, -0.25) is 9.69 Å². The van der Waals surface area contributed by atoms with Crippen molar-refractivity contribution in [3.05, 3.63) is 119 Å². The summed E-state index contributed by atoms with van der Waals surface area (Å²) in [6, 6.07) is 20.0. The number of rotatable bonds is 13. The molecule has 3 N–H and O–H groups in total. The topological polar surface area (TPSA) is 96.9 Å². The average Bonchev–Trinajstić information content (AvgIpc) is 3.40. The molecule has 0 unspecified atom stereocenters. The predicted octanol–water partition coefficient (Wildman–Crippen LogP) is 8.52. The average molecular weight is 662 g/mol. The lowest BCUT2D eigenvalue weighted by Crippen LogP contribution is -2.29. The molecular formula is C40H47N5O4. The van der Waals surface area contributed by atoms with Crippen molar-refractivity contribution < 1.29 is 19.1 Å². The second-order valence-corrected chi connectivity index (χ2v) is 12.6. The fourth-order valence-corrected chi connectivity index (χ4v) is 6.07. The minimum atomic E-state index is -0.529. The number of hydrogen-bond donors (Lipinski definition) is 3. The van der Waals surface area contributed by atoms with E-state index in [0.717, 1.165) is 25.3 Å². The molecule has 0 radical (unpaired) electrons. The van der Waals surface area contributed by atoms with E-state index in [0.29, 0.717) is 34.3 Å². The molecule has 9 nitrogen and oxygen atoms in total. The summed E-state index contributed by atoms with van der Waals surface area (Å²) in [5, 5.41) is 9.28. The Morgan fingerprint density at radius 3 is 2.29 bits per heavy atom. The second kappa shape index (κ2) is 16.2. The molecule has 3 aromatic carbocycles. The molecule has 1 aromatic heterocycles. The highest BCUT2D eigenvalue weighted by molar-refractivity contribution is 6.04. The SMILES string of the molecule is C=C(Nc1ccc(Oc2ccc(NC(=O)c3ccc(-n4cc(CN5CCCCC5)c(/C=C\C)c4C)cc3)cc2)c(C(=O)OC)c1)NC(C)C. The maximum Gasteiger partial charge on any atom is 0.341 e. The van der Waals surface area contributed by atoms with Crippen molar-refractivity contribution in [2.75, 3.05) is 30.8 Å². The molecule has 49 heavy (non-hydrogen) atoms. The Labute approximate surface area is 289 Å². The number of hydrogen-bond acceptors (Lipinski definition) is 7. The van der Waals surface area contributed by atoms with Gasteiger partial charge in [-0.15, -0.1) is 0 Å². The first-order valence-corrected chi connectivity index (χ1v) is 16.9. The van der Waals surface area contributed by atoms with Crippen LogP contribution in [-0.4, -0.2) is 47.6 Å². The van der Waals surface area contributed by atoms with E-state index in [-0.39, 0.29) is 17.5 Å². The third kappa shape index (κ3) is 9.00. The summed E-state index contributed by atoms with van der Waals surface area (Å²) in [6.45, 7) is 15.4. The molecule has 0 saturated carbocycles. The quantitative estimate of drug-likeness (QED) is 0.124. The third-order valence-corrected chi connectivity index (χ3v) is 8.45. The van der Waals surface area contributed by atoms with Crippen molar-refractivity contribution in [3.8, 4) is 17.2 Å². The van der Waals surface area contributed by atoms with Crippen LogP contribution in [0.5, 0.6) is 11.5 Å². The van der Waals surface area contributed by atoms with E-state index in [1.807, 2.05) is 38.1 Å². The van der Waals surface area contributed by atoms with Gasteiger partial charge in [-0.05, 0) is 131 Å². The summed E-state index contributed by atoms with van der Waals surface area (Å²) in [6.07, 6.45) is 10.4. The van der Waals surface area contributed by atoms with Gasteiger partial charge in [-0.2, -0.15) is 0 Å². The van der Waals surface area contributed by atoms with Crippen molar-refractivity contribution in [2.24, 2.45) is 0 Å². The van der Waals surface area contributed by atoms with Crippen LogP contribution in [0, 0.1) is 6.92 Å². The molecule has 1 amide bonds. The summed E-state index contributed by atoms with van der Waals surface area (Å²) < 4.78 is 13.2. The maximum absolute atomic E-state index is 13.2. The number of aromatic nitrogens is 1. The fourth-order valence-electron chi connectivity index (χ4n) is 6.07. The zero-order valence-corrected chi connectivity index (χ0v) is 29.1. The molecule has 5 rings (SSSR count). The van der Waals surface area contributed by atoms with Crippen LogP contribution in [0.2, 0.25) is 0 Å². The molecule has 1 saturated heterocycles. The Hall–Kier alpha value is -5.28. The number of allylic oxidation sites excluding steroid dienone is 1. The van der Waals surface area contributed by atoms with E-state index in [4.69, 9.17) is 9.47 Å². The molecule has 2 heterocycles. The molecule has 1 aliphatic rings.